The van der Waals surface area contributed by atoms with E-state index in [2.05, 4.69) is 31.2 Å². The Morgan fingerprint density at radius 1 is 1.14 bits per heavy atom. The van der Waals surface area contributed by atoms with Gasteiger partial charge in [0.05, 0.1) is 12.2 Å². The van der Waals surface area contributed by atoms with Crippen molar-refractivity contribution in [3.8, 4) is 0 Å². The van der Waals surface area contributed by atoms with Gasteiger partial charge in [0.2, 0.25) is 5.91 Å². The van der Waals surface area contributed by atoms with Gasteiger partial charge in [-0.2, -0.15) is 0 Å². The molecule has 2 N–H and O–H groups in total. The Morgan fingerprint density at radius 3 is 2.46 bits per heavy atom. The van der Waals surface area contributed by atoms with Gasteiger partial charge >= 0.3 is 0 Å². The molecule has 3 rings (SSSR count). The van der Waals surface area contributed by atoms with E-state index in [1.165, 1.54) is 5.56 Å². The van der Waals surface area contributed by atoms with Crippen molar-refractivity contribution in [2.75, 3.05) is 18.1 Å². The van der Waals surface area contributed by atoms with Crippen LogP contribution in [0, 0.1) is 5.92 Å². The lowest BCUT2D eigenvalue weighted by molar-refractivity contribution is -0.119. The van der Waals surface area contributed by atoms with Gasteiger partial charge in [-0.1, -0.05) is 19.1 Å². The van der Waals surface area contributed by atoms with Crippen molar-refractivity contribution in [1.29, 1.82) is 0 Å². The molecule has 2 saturated heterocycles. The highest BCUT2D eigenvalue weighted by Crippen LogP contribution is 2.45. The van der Waals surface area contributed by atoms with Crippen LogP contribution in [0.2, 0.25) is 18.6 Å². The summed E-state index contributed by atoms with van der Waals surface area (Å²) in [4.78, 5) is 24.7. The zero-order valence-electron chi connectivity index (χ0n) is 17.4. The standard InChI is InChI=1S/C22H35NO4Si/c1-16-19(27-20(13-15-24)22(16)28(2,3)26)12-9-17-7-10-18(11-8-17)23-14-5-4-6-21(23)25/h7-8,10-11,16,19-20,22,24,26H,4-6,9,12-15H2,1-3H3/t16-,19+,20-,22+/m0/s1. The number of rotatable bonds is 7. The van der Waals surface area contributed by atoms with E-state index in [1.807, 2.05) is 18.0 Å². The molecule has 1 aromatic rings. The summed E-state index contributed by atoms with van der Waals surface area (Å²) >= 11 is 0. The van der Waals surface area contributed by atoms with Crippen LogP contribution < -0.4 is 4.90 Å². The van der Waals surface area contributed by atoms with E-state index in [1.54, 1.807) is 0 Å². The molecule has 4 atom stereocenters. The summed E-state index contributed by atoms with van der Waals surface area (Å²) < 4.78 is 6.27. The molecule has 0 spiro atoms. The molecule has 156 valence electrons. The molecule has 0 unspecified atom stereocenters. The fourth-order valence-electron chi connectivity index (χ4n) is 5.04. The summed E-state index contributed by atoms with van der Waals surface area (Å²) in [5.74, 6) is 0.525. The first kappa shape index (κ1) is 21.5. The summed E-state index contributed by atoms with van der Waals surface area (Å²) in [6.07, 6.45) is 5.22. The first-order valence-corrected chi connectivity index (χ1v) is 13.7. The summed E-state index contributed by atoms with van der Waals surface area (Å²) in [7, 11) is -2.34. The fourth-order valence-corrected chi connectivity index (χ4v) is 7.69. The molecule has 6 heteroatoms. The maximum absolute atomic E-state index is 12.1. The van der Waals surface area contributed by atoms with Crippen LogP contribution in [0.1, 0.15) is 44.6 Å². The minimum Gasteiger partial charge on any atom is -0.432 e. The van der Waals surface area contributed by atoms with Crippen molar-refractivity contribution < 1.29 is 19.4 Å². The highest BCUT2D eigenvalue weighted by Gasteiger charge is 2.49. The van der Waals surface area contributed by atoms with Crippen molar-refractivity contribution in [2.24, 2.45) is 5.92 Å². The van der Waals surface area contributed by atoms with Gasteiger partial charge in [0.1, 0.15) is 0 Å². The number of hydrogen-bond donors (Lipinski definition) is 2. The third kappa shape index (κ3) is 4.85. The number of aryl methyl sites for hydroxylation is 1. The molecule has 2 fully saturated rings. The van der Waals surface area contributed by atoms with Gasteiger partial charge in [0.25, 0.3) is 0 Å². The van der Waals surface area contributed by atoms with Gasteiger partial charge < -0.3 is 19.5 Å². The van der Waals surface area contributed by atoms with E-state index in [-0.39, 0.29) is 30.3 Å². The minimum atomic E-state index is -2.34. The average Bonchev–Trinajstić information content (AvgIpc) is 2.97. The Bertz CT molecular complexity index is 657. The molecule has 0 aliphatic carbocycles. The van der Waals surface area contributed by atoms with E-state index in [0.717, 1.165) is 37.9 Å². The number of anilines is 1. The number of amides is 1. The maximum Gasteiger partial charge on any atom is 0.226 e. The molecule has 2 heterocycles. The van der Waals surface area contributed by atoms with Crippen LogP contribution >= 0.6 is 0 Å². The molecule has 2 aliphatic rings. The molecule has 28 heavy (non-hydrogen) atoms. The third-order valence-corrected chi connectivity index (χ3v) is 8.95. The molecular weight excluding hydrogens is 370 g/mol. The van der Waals surface area contributed by atoms with Gasteiger partial charge in [-0.05, 0) is 68.8 Å². The van der Waals surface area contributed by atoms with Crippen LogP contribution in [-0.2, 0) is 16.0 Å². The molecule has 1 aromatic carbocycles. The quantitative estimate of drug-likeness (QED) is 0.681. The van der Waals surface area contributed by atoms with Crippen molar-refractivity contribution in [3.05, 3.63) is 29.8 Å². The zero-order chi connectivity index (χ0) is 20.3. The first-order chi connectivity index (χ1) is 13.3. The summed E-state index contributed by atoms with van der Waals surface area (Å²) in [5, 5.41) is 9.37. The monoisotopic (exact) mass is 405 g/mol. The van der Waals surface area contributed by atoms with Crippen molar-refractivity contribution in [2.45, 2.75) is 76.3 Å². The summed E-state index contributed by atoms with van der Waals surface area (Å²) in [6.45, 7) is 7.06. The number of hydrogen-bond acceptors (Lipinski definition) is 4. The first-order valence-electron chi connectivity index (χ1n) is 10.7. The third-order valence-electron chi connectivity index (χ3n) is 6.42. The van der Waals surface area contributed by atoms with Crippen LogP contribution in [-0.4, -0.2) is 49.5 Å². The largest absolute Gasteiger partial charge is 0.432 e. The number of benzene rings is 1. The Morgan fingerprint density at radius 2 is 1.86 bits per heavy atom. The SMILES string of the molecule is C[C@@H]1[C@@H]([Si](C)(C)O)[C@H](CCO)O[C@@H]1CCc1ccc(N2CCCCC2=O)cc1. The van der Waals surface area contributed by atoms with Crippen LogP contribution in [0.5, 0.6) is 0 Å². The van der Waals surface area contributed by atoms with Crippen LogP contribution in [0.25, 0.3) is 0 Å². The van der Waals surface area contributed by atoms with Crippen LogP contribution in [0.3, 0.4) is 0 Å². The number of carbonyl (C=O) groups is 1. The van der Waals surface area contributed by atoms with Crippen molar-refractivity contribution >= 4 is 19.9 Å². The van der Waals surface area contributed by atoms with Crippen LogP contribution in [0.15, 0.2) is 24.3 Å². The lowest BCUT2D eigenvalue weighted by Crippen LogP contribution is -2.40. The second-order valence-corrected chi connectivity index (χ2v) is 12.9. The zero-order valence-corrected chi connectivity index (χ0v) is 18.4. The predicted octanol–water partition coefficient (Wildman–Crippen LogP) is 3.49. The smallest absolute Gasteiger partial charge is 0.226 e. The lowest BCUT2D eigenvalue weighted by atomic mass is 9.95. The Kier molecular flexibility index (Phi) is 6.97. The molecule has 2 aliphatic heterocycles. The number of nitrogens with zero attached hydrogens (tertiary/aromatic N) is 1. The maximum atomic E-state index is 12.1. The van der Waals surface area contributed by atoms with Gasteiger partial charge in [-0.15, -0.1) is 0 Å². The Balaban J connectivity index is 1.60. The van der Waals surface area contributed by atoms with Crippen molar-refractivity contribution in [1.82, 2.24) is 0 Å². The van der Waals surface area contributed by atoms with E-state index in [9.17, 15) is 14.7 Å². The van der Waals surface area contributed by atoms with Crippen molar-refractivity contribution in [3.63, 3.8) is 0 Å². The van der Waals surface area contributed by atoms with Gasteiger partial charge in [-0.25, -0.2) is 0 Å². The lowest BCUT2D eigenvalue weighted by Gasteiger charge is -2.30. The van der Waals surface area contributed by atoms with E-state index in [0.29, 0.717) is 18.8 Å². The molecule has 0 saturated carbocycles. The van der Waals surface area contributed by atoms with E-state index >= 15 is 0 Å². The van der Waals surface area contributed by atoms with E-state index in [4.69, 9.17) is 4.74 Å². The summed E-state index contributed by atoms with van der Waals surface area (Å²) in [5.41, 5.74) is 2.40. The molecule has 1 amide bonds. The number of aliphatic hydroxyl groups excluding tert-OH is 1. The molecule has 0 aromatic heterocycles. The highest BCUT2D eigenvalue weighted by molar-refractivity contribution is 6.71. The van der Waals surface area contributed by atoms with Crippen LogP contribution in [0.4, 0.5) is 5.69 Å². The number of carbonyl (C=O) groups excluding carboxylic acids is 1. The molecular formula is C22H35NO4Si. The number of piperidine rings is 1. The topological polar surface area (TPSA) is 70.0 Å². The Labute approximate surface area is 169 Å². The predicted molar refractivity (Wildman–Crippen MR) is 114 cm³/mol. The molecule has 5 nitrogen and oxygen atoms in total. The second kappa shape index (κ2) is 9.07. The number of aliphatic hydroxyl groups is 1. The normalized spacial score (nSPS) is 28.8. The summed E-state index contributed by atoms with van der Waals surface area (Å²) in [6, 6.07) is 8.34. The van der Waals surface area contributed by atoms with Gasteiger partial charge in [0, 0.05) is 30.8 Å². The highest BCUT2D eigenvalue weighted by atomic mass is 28.4. The number of ether oxygens (including phenoxy) is 1. The minimum absolute atomic E-state index is 0.0378. The van der Waals surface area contributed by atoms with E-state index < -0.39 is 8.32 Å². The molecule has 0 radical (unpaired) electrons. The second-order valence-electron chi connectivity index (χ2n) is 8.97. The van der Waals surface area contributed by atoms with Gasteiger partial charge in [0.15, 0.2) is 8.32 Å². The average molecular weight is 406 g/mol. The Hall–Kier alpha value is -1.21. The van der Waals surface area contributed by atoms with Gasteiger partial charge in [-0.3, -0.25) is 4.79 Å². The fraction of sp³-hybridized carbons (Fsp3) is 0.682. The molecule has 0 bridgehead atoms.